The Labute approximate surface area is 116 Å². The summed E-state index contributed by atoms with van der Waals surface area (Å²) in [6, 6.07) is 7.59. The van der Waals surface area contributed by atoms with E-state index in [1.807, 2.05) is 12.3 Å². The Balaban J connectivity index is 1.57. The maximum atomic E-state index is 4.41. The molecule has 3 rings (SSSR count). The van der Waals surface area contributed by atoms with Crippen LogP contribution in [-0.4, -0.2) is 23.6 Å². The summed E-state index contributed by atoms with van der Waals surface area (Å²) in [6.07, 6.45) is 10.1. The second-order valence-corrected chi connectivity index (χ2v) is 5.96. The molecule has 3 unspecified atom stereocenters. The van der Waals surface area contributed by atoms with E-state index in [0.717, 1.165) is 24.2 Å². The van der Waals surface area contributed by atoms with E-state index in [0.29, 0.717) is 6.04 Å². The summed E-state index contributed by atoms with van der Waals surface area (Å²) in [5.41, 5.74) is 1.16. The predicted molar refractivity (Wildman–Crippen MR) is 77.8 cm³/mol. The van der Waals surface area contributed by atoms with Gasteiger partial charge in [0, 0.05) is 24.8 Å². The van der Waals surface area contributed by atoms with E-state index in [-0.39, 0.29) is 0 Å². The lowest BCUT2D eigenvalue weighted by atomic mass is 9.79. The van der Waals surface area contributed by atoms with Gasteiger partial charge in [0.1, 0.15) is 0 Å². The van der Waals surface area contributed by atoms with Gasteiger partial charge in [0.15, 0.2) is 0 Å². The molecule has 0 spiro atoms. The number of nitrogens with zero attached hydrogens (tertiary/aromatic N) is 1. The fourth-order valence-corrected chi connectivity index (χ4v) is 3.71. The van der Waals surface area contributed by atoms with Gasteiger partial charge in [0.05, 0.1) is 5.69 Å². The van der Waals surface area contributed by atoms with Gasteiger partial charge in [-0.05, 0) is 50.3 Å². The van der Waals surface area contributed by atoms with Crippen molar-refractivity contribution in [3.05, 3.63) is 30.1 Å². The SMILES string of the molecule is c1ccc(CNC2CCCCC2C2CCCN2)nc1. The van der Waals surface area contributed by atoms with Crippen LogP contribution in [0.2, 0.25) is 0 Å². The summed E-state index contributed by atoms with van der Waals surface area (Å²) in [4.78, 5) is 4.41. The molecule has 104 valence electrons. The summed E-state index contributed by atoms with van der Waals surface area (Å²) >= 11 is 0. The van der Waals surface area contributed by atoms with Gasteiger partial charge in [-0.2, -0.15) is 0 Å². The molecule has 2 N–H and O–H groups in total. The first-order valence-electron chi connectivity index (χ1n) is 7.80. The molecule has 2 fully saturated rings. The minimum Gasteiger partial charge on any atom is -0.314 e. The van der Waals surface area contributed by atoms with Crippen LogP contribution >= 0.6 is 0 Å². The summed E-state index contributed by atoms with van der Waals surface area (Å²) in [5, 5.41) is 7.46. The molecule has 1 aromatic heterocycles. The molecule has 1 aliphatic carbocycles. The van der Waals surface area contributed by atoms with Gasteiger partial charge in [-0.3, -0.25) is 4.98 Å². The zero-order valence-corrected chi connectivity index (χ0v) is 11.6. The third-order valence-electron chi connectivity index (χ3n) is 4.71. The molecule has 1 saturated heterocycles. The van der Waals surface area contributed by atoms with Crippen LogP contribution < -0.4 is 10.6 Å². The molecule has 2 heterocycles. The highest BCUT2D eigenvalue weighted by molar-refractivity contribution is 5.03. The van der Waals surface area contributed by atoms with Crippen molar-refractivity contribution in [2.45, 2.75) is 57.2 Å². The van der Waals surface area contributed by atoms with Gasteiger partial charge in [0.25, 0.3) is 0 Å². The smallest absolute Gasteiger partial charge is 0.0541 e. The molecule has 1 saturated carbocycles. The van der Waals surface area contributed by atoms with Gasteiger partial charge < -0.3 is 10.6 Å². The molecule has 0 bridgehead atoms. The molecule has 1 aromatic rings. The van der Waals surface area contributed by atoms with Gasteiger partial charge in [0.2, 0.25) is 0 Å². The minimum absolute atomic E-state index is 0.673. The van der Waals surface area contributed by atoms with Crippen LogP contribution in [0, 0.1) is 5.92 Å². The molecule has 0 radical (unpaired) electrons. The van der Waals surface area contributed by atoms with Crippen LogP contribution in [0.4, 0.5) is 0 Å². The number of pyridine rings is 1. The van der Waals surface area contributed by atoms with E-state index in [2.05, 4.69) is 27.8 Å². The molecule has 1 aliphatic heterocycles. The third kappa shape index (κ3) is 3.34. The van der Waals surface area contributed by atoms with Crippen LogP contribution in [0.15, 0.2) is 24.4 Å². The maximum Gasteiger partial charge on any atom is 0.0541 e. The fraction of sp³-hybridized carbons (Fsp3) is 0.688. The van der Waals surface area contributed by atoms with Crippen LogP contribution in [0.1, 0.15) is 44.2 Å². The standard InChI is InChI=1S/C16H25N3/c1-2-8-16(14(7-1)15-9-5-11-18-15)19-12-13-6-3-4-10-17-13/h3-4,6,10,14-16,18-19H,1-2,5,7-9,11-12H2. The highest BCUT2D eigenvalue weighted by Gasteiger charge is 2.32. The van der Waals surface area contributed by atoms with Crippen LogP contribution in [0.5, 0.6) is 0 Å². The zero-order chi connectivity index (χ0) is 12.9. The number of hydrogen-bond acceptors (Lipinski definition) is 3. The van der Waals surface area contributed by atoms with Gasteiger partial charge >= 0.3 is 0 Å². The van der Waals surface area contributed by atoms with Crippen molar-refractivity contribution in [2.75, 3.05) is 6.54 Å². The van der Waals surface area contributed by atoms with Crippen LogP contribution in [0.3, 0.4) is 0 Å². The quantitative estimate of drug-likeness (QED) is 0.872. The van der Waals surface area contributed by atoms with E-state index in [1.54, 1.807) is 0 Å². The van der Waals surface area contributed by atoms with Crippen molar-refractivity contribution in [3.63, 3.8) is 0 Å². The van der Waals surface area contributed by atoms with E-state index in [1.165, 1.54) is 45.1 Å². The monoisotopic (exact) mass is 259 g/mol. The fourth-order valence-electron chi connectivity index (χ4n) is 3.71. The van der Waals surface area contributed by atoms with Crippen molar-refractivity contribution in [1.82, 2.24) is 15.6 Å². The second kappa shape index (κ2) is 6.49. The van der Waals surface area contributed by atoms with Crippen LogP contribution in [0.25, 0.3) is 0 Å². The minimum atomic E-state index is 0.673. The normalized spacial score (nSPS) is 31.5. The number of nitrogens with one attached hydrogen (secondary N) is 2. The highest BCUT2D eigenvalue weighted by Crippen LogP contribution is 2.30. The van der Waals surface area contributed by atoms with Crippen molar-refractivity contribution in [1.29, 1.82) is 0 Å². The molecular weight excluding hydrogens is 234 g/mol. The van der Waals surface area contributed by atoms with Crippen molar-refractivity contribution >= 4 is 0 Å². The molecular formula is C16H25N3. The van der Waals surface area contributed by atoms with E-state index in [9.17, 15) is 0 Å². The first-order valence-corrected chi connectivity index (χ1v) is 7.80. The molecule has 3 heteroatoms. The van der Waals surface area contributed by atoms with Gasteiger partial charge in [-0.25, -0.2) is 0 Å². The Bertz CT molecular complexity index is 373. The predicted octanol–water partition coefficient (Wildman–Crippen LogP) is 2.48. The first-order chi connectivity index (χ1) is 9.43. The number of hydrogen-bond donors (Lipinski definition) is 2. The Morgan fingerprint density at radius 1 is 1.16 bits per heavy atom. The average Bonchev–Trinajstić information content (AvgIpc) is 3.01. The molecule has 0 aromatic carbocycles. The van der Waals surface area contributed by atoms with Crippen molar-refractivity contribution in [3.8, 4) is 0 Å². The summed E-state index contributed by atoms with van der Waals surface area (Å²) in [7, 11) is 0. The Hall–Kier alpha value is -0.930. The van der Waals surface area contributed by atoms with Crippen LogP contribution in [-0.2, 0) is 6.54 Å². The largest absolute Gasteiger partial charge is 0.314 e. The van der Waals surface area contributed by atoms with Crippen molar-refractivity contribution < 1.29 is 0 Å². The Morgan fingerprint density at radius 3 is 2.89 bits per heavy atom. The first kappa shape index (κ1) is 13.1. The zero-order valence-electron chi connectivity index (χ0n) is 11.6. The lowest BCUT2D eigenvalue weighted by Crippen LogP contribution is -2.46. The summed E-state index contributed by atoms with van der Waals surface area (Å²) in [6.45, 7) is 2.13. The molecule has 3 atom stereocenters. The van der Waals surface area contributed by atoms with E-state index in [4.69, 9.17) is 0 Å². The molecule has 2 aliphatic rings. The van der Waals surface area contributed by atoms with Gasteiger partial charge in [-0.1, -0.05) is 18.9 Å². The number of aromatic nitrogens is 1. The molecule has 0 amide bonds. The topological polar surface area (TPSA) is 37.0 Å². The summed E-state index contributed by atoms with van der Waals surface area (Å²) < 4.78 is 0. The maximum absolute atomic E-state index is 4.41. The highest BCUT2D eigenvalue weighted by atomic mass is 15.0. The Morgan fingerprint density at radius 2 is 2.11 bits per heavy atom. The lowest BCUT2D eigenvalue weighted by Gasteiger charge is -2.36. The third-order valence-corrected chi connectivity index (χ3v) is 4.71. The molecule has 3 nitrogen and oxygen atoms in total. The second-order valence-electron chi connectivity index (χ2n) is 5.96. The average molecular weight is 259 g/mol. The number of rotatable bonds is 4. The van der Waals surface area contributed by atoms with E-state index >= 15 is 0 Å². The van der Waals surface area contributed by atoms with Crippen molar-refractivity contribution in [2.24, 2.45) is 5.92 Å². The van der Waals surface area contributed by atoms with E-state index < -0.39 is 0 Å². The van der Waals surface area contributed by atoms with Gasteiger partial charge in [-0.15, -0.1) is 0 Å². The summed E-state index contributed by atoms with van der Waals surface area (Å²) in [5.74, 6) is 0.819. The molecule has 19 heavy (non-hydrogen) atoms. The lowest BCUT2D eigenvalue weighted by molar-refractivity contribution is 0.213. The Kier molecular flexibility index (Phi) is 4.46.